The largest absolute Gasteiger partial charge is 0.340 e. The molecule has 0 atom stereocenters. The highest BCUT2D eigenvalue weighted by molar-refractivity contribution is 5.33. The van der Waals surface area contributed by atoms with Crippen molar-refractivity contribution in [3.05, 3.63) is 46.6 Å². The fraction of sp³-hybridized carbons (Fsp3) is 0.385. The van der Waals surface area contributed by atoms with E-state index in [2.05, 4.69) is 47.5 Å². The van der Waals surface area contributed by atoms with E-state index in [0.29, 0.717) is 18.3 Å². The highest BCUT2D eigenvalue weighted by atomic mass is 16.5. The van der Waals surface area contributed by atoms with Gasteiger partial charge in [0.1, 0.15) is 0 Å². The summed E-state index contributed by atoms with van der Waals surface area (Å²) in [5.41, 5.74) is 3.95. The lowest BCUT2D eigenvalue weighted by molar-refractivity contribution is 0.385. The predicted octanol–water partition coefficient (Wildman–Crippen LogP) is 2.28. The van der Waals surface area contributed by atoms with Crippen LogP contribution >= 0.6 is 0 Å². The highest BCUT2D eigenvalue weighted by Gasteiger charge is 2.04. The van der Waals surface area contributed by atoms with Gasteiger partial charge in [-0.15, -0.1) is 0 Å². The lowest BCUT2D eigenvalue weighted by Gasteiger charge is -2.09. The Morgan fingerprint density at radius 1 is 1.12 bits per heavy atom. The number of hydrogen-bond acceptors (Lipinski definition) is 4. The third-order valence-corrected chi connectivity index (χ3v) is 2.80. The molecule has 0 saturated carbocycles. The fourth-order valence-corrected chi connectivity index (χ4v) is 1.84. The Bertz CT molecular complexity index is 485. The van der Waals surface area contributed by atoms with Crippen LogP contribution in [0.15, 0.2) is 22.7 Å². The Morgan fingerprint density at radius 3 is 2.41 bits per heavy atom. The van der Waals surface area contributed by atoms with Crippen LogP contribution in [0.2, 0.25) is 0 Å². The van der Waals surface area contributed by atoms with Gasteiger partial charge in [0.2, 0.25) is 5.89 Å². The number of nitrogens with one attached hydrogen (secondary N) is 1. The van der Waals surface area contributed by atoms with Gasteiger partial charge in [-0.1, -0.05) is 23.4 Å². The molecule has 4 nitrogen and oxygen atoms in total. The summed E-state index contributed by atoms with van der Waals surface area (Å²) in [6.45, 7) is 7.50. The molecule has 0 aliphatic carbocycles. The van der Waals surface area contributed by atoms with Crippen LogP contribution in [-0.4, -0.2) is 10.1 Å². The average molecular weight is 231 g/mol. The van der Waals surface area contributed by atoms with Crippen molar-refractivity contribution in [2.45, 2.75) is 33.9 Å². The van der Waals surface area contributed by atoms with Crippen LogP contribution in [-0.2, 0) is 13.1 Å². The molecule has 2 aromatic rings. The van der Waals surface area contributed by atoms with E-state index in [1.807, 2.05) is 0 Å². The number of aryl methyl sites for hydroxylation is 3. The van der Waals surface area contributed by atoms with E-state index >= 15 is 0 Å². The summed E-state index contributed by atoms with van der Waals surface area (Å²) in [7, 11) is 0. The normalized spacial score (nSPS) is 10.8. The molecule has 0 spiro atoms. The van der Waals surface area contributed by atoms with Crippen LogP contribution in [0.3, 0.4) is 0 Å². The second-order valence-corrected chi connectivity index (χ2v) is 4.20. The maximum Gasteiger partial charge on any atom is 0.223 e. The highest BCUT2D eigenvalue weighted by Crippen LogP contribution is 2.12. The van der Waals surface area contributed by atoms with Crippen molar-refractivity contribution in [3.63, 3.8) is 0 Å². The second-order valence-electron chi connectivity index (χ2n) is 4.20. The Hall–Kier alpha value is -1.68. The van der Waals surface area contributed by atoms with Gasteiger partial charge in [-0.05, 0) is 30.5 Å². The third-order valence-electron chi connectivity index (χ3n) is 2.80. The summed E-state index contributed by atoms with van der Waals surface area (Å²) in [4.78, 5) is 4.15. The maximum absolute atomic E-state index is 4.91. The standard InChI is InChI=1S/C13H17N3O/c1-9-5-4-6-10(2)12(9)7-14-8-13-15-11(3)17-16-13/h4-6,14H,7-8H2,1-3H3. The second kappa shape index (κ2) is 5.10. The van der Waals surface area contributed by atoms with Crippen LogP contribution in [0.4, 0.5) is 0 Å². The molecule has 0 aliphatic rings. The molecule has 1 aromatic heterocycles. The van der Waals surface area contributed by atoms with Crippen LogP contribution in [0, 0.1) is 20.8 Å². The van der Waals surface area contributed by atoms with E-state index in [0.717, 1.165) is 6.54 Å². The Kier molecular flexibility index (Phi) is 3.54. The first-order chi connectivity index (χ1) is 8.16. The molecule has 0 unspecified atom stereocenters. The Labute approximate surface area is 101 Å². The lowest BCUT2D eigenvalue weighted by atomic mass is 10.0. The molecule has 4 heteroatoms. The van der Waals surface area contributed by atoms with Gasteiger partial charge in [0, 0.05) is 13.5 Å². The smallest absolute Gasteiger partial charge is 0.223 e. The van der Waals surface area contributed by atoms with Crippen LogP contribution in [0.5, 0.6) is 0 Å². The van der Waals surface area contributed by atoms with E-state index in [9.17, 15) is 0 Å². The first kappa shape index (κ1) is 11.8. The predicted molar refractivity (Wildman–Crippen MR) is 65.5 cm³/mol. The fourth-order valence-electron chi connectivity index (χ4n) is 1.84. The molecule has 1 heterocycles. The van der Waals surface area contributed by atoms with Crippen molar-refractivity contribution in [1.29, 1.82) is 0 Å². The van der Waals surface area contributed by atoms with E-state index in [4.69, 9.17) is 4.52 Å². The maximum atomic E-state index is 4.91. The van der Waals surface area contributed by atoms with Crippen LogP contribution in [0.1, 0.15) is 28.4 Å². The van der Waals surface area contributed by atoms with Crippen molar-refractivity contribution < 1.29 is 4.52 Å². The van der Waals surface area contributed by atoms with Gasteiger partial charge in [0.25, 0.3) is 0 Å². The molecule has 0 fully saturated rings. The number of rotatable bonds is 4. The van der Waals surface area contributed by atoms with Crippen molar-refractivity contribution in [2.75, 3.05) is 0 Å². The minimum absolute atomic E-state index is 0.605. The van der Waals surface area contributed by atoms with E-state index in [-0.39, 0.29) is 0 Å². The molecular weight excluding hydrogens is 214 g/mol. The zero-order valence-corrected chi connectivity index (χ0v) is 10.4. The number of benzene rings is 1. The van der Waals surface area contributed by atoms with E-state index < -0.39 is 0 Å². The molecule has 0 amide bonds. The molecule has 1 aromatic carbocycles. The Morgan fingerprint density at radius 2 is 1.82 bits per heavy atom. The quantitative estimate of drug-likeness (QED) is 0.877. The topological polar surface area (TPSA) is 51.0 Å². The van der Waals surface area contributed by atoms with Gasteiger partial charge in [0.15, 0.2) is 5.82 Å². The first-order valence-corrected chi connectivity index (χ1v) is 5.72. The minimum Gasteiger partial charge on any atom is -0.340 e. The van der Waals surface area contributed by atoms with Gasteiger partial charge in [-0.2, -0.15) is 4.98 Å². The minimum atomic E-state index is 0.605. The van der Waals surface area contributed by atoms with Gasteiger partial charge >= 0.3 is 0 Å². The zero-order valence-electron chi connectivity index (χ0n) is 10.4. The summed E-state index contributed by atoms with van der Waals surface area (Å²) in [6, 6.07) is 6.34. The molecule has 90 valence electrons. The van der Waals surface area contributed by atoms with Crippen LogP contribution < -0.4 is 5.32 Å². The molecule has 2 rings (SSSR count). The average Bonchev–Trinajstić information content (AvgIpc) is 2.69. The molecule has 0 saturated heterocycles. The molecular formula is C13H17N3O. The van der Waals surface area contributed by atoms with Gasteiger partial charge in [0.05, 0.1) is 6.54 Å². The summed E-state index contributed by atoms with van der Waals surface area (Å²) in [6.07, 6.45) is 0. The summed E-state index contributed by atoms with van der Waals surface area (Å²) < 4.78 is 4.91. The molecule has 0 aliphatic heterocycles. The van der Waals surface area contributed by atoms with E-state index in [1.54, 1.807) is 6.92 Å². The van der Waals surface area contributed by atoms with Crippen molar-refractivity contribution in [3.8, 4) is 0 Å². The monoisotopic (exact) mass is 231 g/mol. The van der Waals surface area contributed by atoms with Gasteiger partial charge < -0.3 is 9.84 Å². The molecule has 0 bridgehead atoms. The SMILES string of the molecule is Cc1nc(CNCc2c(C)cccc2C)no1. The van der Waals surface area contributed by atoms with Crippen LogP contribution in [0.25, 0.3) is 0 Å². The summed E-state index contributed by atoms with van der Waals surface area (Å²) in [5, 5.41) is 7.17. The molecule has 0 radical (unpaired) electrons. The lowest BCUT2D eigenvalue weighted by Crippen LogP contribution is -2.15. The van der Waals surface area contributed by atoms with Gasteiger partial charge in [-0.25, -0.2) is 0 Å². The molecule has 17 heavy (non-hydrogen) atoms. The summed E-state index contributed by atoms with van der Waals surface area (Å²) >= 11 is 0. The first-order valence-electron chi connectivity index (χ1n) is 5.72. The zero-order chi connectivity index (χ0) is 12.3. The summed E-state index contributed by atoms with van der Waals surface area (Å²) in [5.74, 6) is 1.31. The van der Waals surface area contributed by atoms with Gasteiger partial charge in [-0.3, -0.25) is 0 Å². The Balaban J connectivity index is 1.94. The number of hydrogen-bond donors (Lipinski definition) is 1. The third kappa shape index (κ3) is 2.91. The molecule has 1 N–H and O–H groups in total. The van der Waals surface area contributed by atoms with Crippen molar-refractivity contribution in [1.82, 2.24) is 15.5 Å². The van der Waals surface area contributed by atoms with Crippen molar-refractivity contribution in [2.24, 2.45) is 0 Å². The van der Waals surface area contributed by atoms with Crippen molar-refractivity contribution >= 4 is 0 Å². The number of aromatic nitrogens is 2. The van der Waals surface area contributed by atoms with E-state index in [1.165, 1.54) is 16.7 Å². The number of nitrogens with zero attached hydrogens (tertiary/aromatic N) is 2.